The van der Waals surface area contributed by atoms with Crippen molar-refractivity contribution in [3.63, 3.8) is 0 Å². The van der Waals surface area contributed by atoms with Gasteiger partial charge in [0.2, 0.25) is 5.95 Å². The fourth-order valence-electron chi connectivity index (χ4n) is 4.51. The van der Waals surface area contributed by atoms with Crippen LogP contribution in [0.1, 0.15) is 42.4 Å². The minimum Gasteiger partial charge on any atom is -0.353 e. The molecule has 2 N–H and O–H groups in total. The minimum absolute atomic E-state index is 0.0371. The molecule has 5 rings (SSSR count). The minimum atomic E-state index is -0.206. The lowest BCUT2D eigenvalue weighted by molar-refractivity contribution is 0.0653. The number of nitrogens with one attached hydrogen (secondary N) is 2. The first-order valence-corrected chi connectivity index (χ1v) is 12.8. The normalized spacial score (nSPS) is 15.1. The van der Waals surface area contributed by atoms with Crippen molar-refractivity contribution in [3.8, 4) is 17.1 Å². The smallest absolute Gasteiger partial charge is 0.263 e. The number of H-pyrrole nitrogens is 1. The van der Waals surface area contributed by atoms with Crippen molar-refractivity contribution in [1.82, 2.24) is 24.4 Å². The van der Waals surface area contributed by atoms with Gasteiger partial charge in [-0.3, -0.25) is 9.59 Å². The van der Waals surface area contributed by atoms with Crippen molar-refractivity contribution in [3.05, 3.63) is 92.1 Å². The molecule has 37 heavy (non-hydrogen) atoms. The maximum absolute atomic E-state index is 13.8. The summed E-state index contributed by atoms with van der Waals surface area (Å²) in [5.74, 6) is 0.999. The number of anilines is 1. The molecule has 0 fully saturated rings. The van der Waals surface area contributed by atoms with Gasteiger partial charge >= 0.3 is 0 Å². The lowest BCUT2D eigenvalue weighted by atomic mass is 9.98. The van der Waals surface area contributed by atoms with Crippen LogP contribution < -0.4 is 10.9 Å². The Bertz CT molecular complexity index is 1510. The number of halogens is 2. The van der Waals surface area contributed by atoms with E-state index >= 15 is 0 Å². The monoisotopic (exact) mass is 536 g/mol. The Morgan fingerprint density at radius 1 is 1.14 bits per heavy atom. The van der Waals surface area contributed by atoms with Gasteiger partial charge in [-0.05, 0) is 69.7 Å². The molecular weight excluding hydrogens is 511 g/mol. The number of hydrogen-bond acceptors (Lipinski definition) is 5. The van der Waals surface area contributed by atoms with E-state index in [0.29, 0.717) is 44.9 Å². The first-order valence-electron chi connectivity index (χ1n) is 12.0. The van der Waals surface area contributed by atoms with Crippen LogP contribution in [0.25, 0.3) is 17.1 Å². The summed E-state index contributed by atoms with van der Waals surface area (Å²) in [4.78, 5) is 41.1. The van der Waals surface area contributed by atoms with Crippen molar-refractivity contribution >= 4 is 35.1 Å². The molecule has 0 saturated carbocycles. The fraction of sp³-hybridized carbons (Fsp3) is 0.259. The molecule has 0 bridgehead atoms. The summed E-state index contributed by atoms with van der Waals surface area (Å²) in [6, 6.07) is 12.3. The Hall–Kier alpha value is -3.62. The first-order chi connectivity index (χ1) is 17.7. The molecule has 2 aromatic carbocycles. The van der Waals surface area contributed by atoms with Crippen molar-refractivity contribution in [2.75, 3.05) is 5.32 Å². The van der Waals surface area contributed by atoms with Gasteiger partial charge in [0.15, 0.2) is 0 Å². The third kappa shape index (κ3) is 4.86. The lowest BCUT2D eigenvalue weighted by Gasteiger charge is -2.34. The van der Waals surface area contributed by atoms with Crippen molar-refractivity contribution in [2.45, 2.75) is 45.8 Å². The van der Waals surface area contributed by atoms with Gasteiger partial charge < -0.3 is 15.2 Å². The Labute approximate surface area is 224 Å². The van der Waals surface area contributed by atoms with Crippen LogP contribution in [-0.4, -0.2) is 42.4 Å². The summed E-state index contributed by atoms with van der Waals surface area (Å²) in [6.45, 7) is 6.12. The highest BCUT2D eigenvalue weighted by Gasteiger charge is 2.32. The molecule has 0 aliphatic carbocycles. The summed E-state index contributed by atoms with van der Waals surface area (Å²) >= 11 is 12.2. The van der Waals surface area contributed by atoms with Gasteiger partial charge in [0.05, 0.1) is 28.0 Å². The molecule has 10 heteroatoms. The molecule has 0 spiro atoms. The molecular formula is C27H26Cl2N6O2. The van der Waals surface area contributed by atoms with E-state index in [0.717, 1.165) is 11.4 Å². The van der Waals surface area contributed by atoms with E-state index in [1.807, 2.05) is 45.0 Å². The van der Waals surface area contributed by atoms with Crippen LogP contribution in [0.4, 0.5) is 5.95 Å². The van der Waals surface area contributed by atoms with Crippen LogP contribution in [0.5, 0.6) is 0 Å². The molecule has 1 aliphatic rings. The van der Waals surface area contributed by atoms with E-state index in [4.69, 9.17) is 28.2 Å². The zero-order chi connectivity index (χ0) is 26.3. The molecule has 0 saturated heterocycles. The van der Waals surface area contributed by atoms with E-state index in [9.17, 15) is 9.59 Å². The van der Waals surface area contributed by atoms with Crippen molar-refractivity contribution in [2.24, 2.45) is 0 Å². The molecule has 2 aromatic heterocycles. The van der Waals surface area contributed by atoms with Gasteiger partial charge in [-0.2, -0.15) is 0 Å². The number of aromatic amines is 1. The quantitative estimate of drug-likeness (QED) is 0.359. The highest BCUT2D eigenvalue weighted by Crippen LogP contribution is 2.28. The number of hydrogen-bond donors (Lipinski definition) is 2. The summed E-state index contributed by atoms with van der Waals surface area (Å²) in [5.41, 5.74) is 3.10. The average Bonchev–Trinajstić information content (AvgIpc) is 3.41. The molecule has 1 aliphatic heterocycles. The standard InChI is InChI=1S/C27H26Cl2N6O2/c1-15(2)32-27-33-23-14-34(25(36)18-6-9-21(28)22(29)13-18)16(3)12-20(23)26(37)35(27)19-7-4-17(5-8-19)24-30-10-11-31-24/h4-11,13,15-16H,12,14H2,1-3H3,(H,30,31)(H,32,33)/t16-/m1/s1. The number of benzene rings is 2. The van der Waals surface area contributed by atoms with E-state index in [2.05, 4.69) is 15.3 Å². The van der Waals surface area contributed by atoms with Gasteiger partial charge in [-0.1, -0.05) is 23.2 Å². The SMILES string of the molecule is CC(C)Nc1nc2c(c(=O)n1-c1ccc(-c3ncc[nH]3)cc1)C[C@@H](C)N(C(=O)c1ccc(Cl)c(Cl)c1)C2. The molecule has 3 heterocycles. The van der Waals surface area contributed by atoms with Gasteiger partial charge in [0.25, 0.3) is 11.5 Å². The lowest BCUT2D eigenvalue weighted by Crippen LogP contribution is -2.46. The molecule has 0 radical (unpaired) electrons. The summed E-state index contributed by atoms with van der Waals surface area (Å²) in [5, 5.41) is 4.01. The van der Waals surface area contributed by atoms with E-state index < -0.39 is 0 Å². The van der Waals surface area contributed by atoms with Crippen LogP contribution >= 0.6 is 23.2 Å². The zero-order valence-electron chi connectivity index (χ0n) is 20.6. The van der Waals surface area contributed by atoms with Crippen molar-refractivity contribution in [1.29, 1.82) is 0 Å². The Morgan fingerprint density at radius 3 is 2.54 bits per heavy atom. The molecule has 0 unspecified atom stereocenters. The number of rotatable bonds is 5. The second-order valence-electron chi connectivity index (χ2n) is 9.40. The Kier molecular flexibility index (Phi) is 6.79. The number of amides is 1. The predicted molar refractivity (Wildman–Crippen MR) is 146 cm³/mol. The maximum Gasteiger partial charge on any atom is 0.263 e. The first kappa shape index (κ1) is 25.0. The third-order valence-electron chi connectivity index (χ3n) is 6.36. The van der Waals surface area contributed by atoms with Crippen LogP contribution in [-0.2, 0) is 13.0 Å². The summed E-state index contributed by atoms with van der Waals surface area (Å²) in [6.07, 6.45) is 3.85. The highest BCUT2D eigenvalue weighted by atomic mass is 35.5. The van der Waals surface area contributed by atoms with E-state index in [1.165, 1.54) is 0 Å². The Morgan fingerprint density at radius 2 is 1.89 bits per heavy atom. The zero-order valence-corrected chi connectivity index (χ0v) is 22.1. The molecule has 4 aromatic rings. The number of imidazole rings is 1. The number of carbonyl (C=O) groups excluding carboxylic acids is 1. The Balaban J connectivity index is 1.54. The number of nitrogens with zero attached hydrogens (tertiary/aromatic N) is 4. The molecule has 8 nitrogen and oxygen atoms in total. The largest absolute Gasteiger partial charge is 0.353 e. The second-order valence-corrected chi connectivity index (χ2v) is 10.2. The van der Waals surface area contributed by atoms with Crippen LogP contribution in [0.15, 0.2) is 59.7 Å². The third-order valence-corrected chi connectivity index (χ3v) is 7.10. The summed E-state index contributed by atoms with van der Waals surface area (Å²) < 4.78 is 1.61. The molecule has 1 atom stereocenters. The number of aromatic nitrogens is 4. The van der Waals surface area contributed by atoms with Gasteiger partial charge in [0, 0.05) is 41.2 Å². The van der Waals surface area contributed by atoms with Gasteiger partial charge in [0.1, 0.15) is 5.82 Å². The van der Waals surface area contributed by atoms with Gasteiger partial charge in [-0.25, -0.2) is 14.5 Å². The van der Waals surface area contributed by atoms with Crippen LogP contribution in [0.2, 0.25) is 10.0 Å². The van der Waals surface area contributed by atoms with Crippen LogP contribution in [0, 0.1) is 0 Å². The van der Waals surface area contributed by atoms with Gasteiger partial charge in [-0.15, -0.1) is 0 Å². The van der Waals surface area contributed by atoms with E-state index in [1.54, 1.807) is 40.1 Å². The molecule has 1 amide bonds. The molecule has 190 valence electrons. The number of fused-ring (bicyclic) bond motifs is 1. The van der Waals surface area contributed by atoms with Crippen LogP contribution in [0.3, 0.4) is 0 Å². The van der Waals surface area contributed by atoms with E-state index in [-0.39, 0.29) is 30.1 Å². The average molecular weight is 537 g/mol. The maximum atomic E-state index is 13.8. The fourth-order valence-corrected chi connectivity index (χ4v) is 4.81. The predicted octanol–water partition coefficient (Wildman–Crippen LogP) is 5.34. The highest BCUT2D eigenvalue weighted by molar-refractivity contribution is 6.42. The van der Waals surface area contributed by atoms with Crippen molar-refractivity contribution < 1.29 is 4.79 Å². The number of carbonyl (C=O) groups is 1. The second kappa shape index (κ2) is 10.0. The summed E-state index contributed by atoms with van der Waals surface area (Å²) in [7, 11) is 0. The topological polar surface area (TPSA) is 95.9 Å².